The van der Waals surface area contributed by atoms with E-state index in [9.17, 15) is 13.2 Å². The van der Waals surface area contributed by atoms with Crippen molar-refractivity contribution in [2.45, 2.75) is 63.9 Å². The molecule has 0 heterocycles. The van der Waals surface area contributed by atoms with E-state index in [1.54, 1.807) is 0 Å². The van der Waals surface area contributed by atoms with Crippen LogP contribution in [0.1, 0.15) is 52.4 Å². The highest BCUT2D eigenvalue weighted by Crippen LogP contribution is 2.44. The van der Waals surface area contributed by atoms with Crippen molar-refractivity contribution >= 4 is 11.8 Å². The average Bonchev–Trinajstić information content (AvgIpc) is 3.09. The van der Waals surface area contributed by atoms with Crippen molar-refractivity contribution in [3.63, 3.8) is 0 Å². The molecule has 0 aromatic rings. The molecule has 0 spiro atoms. The van der Waals surface area contributed by atoms with Crippen LogP contribution in [0.25, 0.3) is 0 Å². The number of rotatable bonds is 6. The normalized spacial score (nSPS) is 30.4. The molecule has 0 bridgehead atoms. The summed E-state index contributed by atoms with van der Waals surface area (Å²) in [6, 6.07) is 0.690. The molecule has 0 aliphatic heterocycles. The zero-order valence-electron chi connectivity index (χ0n) is 12.4. The second kappa shape index (κ2) is 6.47. The Balaban J connectivity index is 1.80. The van der Waals surface area contributed by atoms with E-state index in [0.29, 0.717) is 29.7 Å². The molecular weight excluding hydrogens is 283 g/mol. The molecule has 1 N–H and O–H groups in total. The van der Waals surface area contributed by atoms with Crippen LogP contribution >= 0.6 is 11.8 Å². The van der Waals surface area contributed by atoms with E-state index < -0.39 is 5.51 Å². The van der Waals surface area contributed by atoms with Gasteiger partial charge in [0.2, 0.25) is 0 Å². The summed E-state index contributed by atoms with van der Waals surface area (Å²) in [5, 5.41) is 3.56. The molecule has 2 aliphatic carbocycles. The minimum atomic E-state index is -4.08. The van der Waals surface area contributed by atoms with E-state index in [-0.39, 0.29) is 17.5 Å². The lowest BCUT2D eigenvalue weighted by Crippen LogP contribution is -2.37. The molecule has 2 fully saturated rings. The van der Waals surface area contributed by atoms with Gasteiger partial charge >= 0.3 is 5.51 Å². The molecule has 2 atom stereocenters. The summed E-state index contributed by atoms with van der Waals surface area (Å²) in [6.45, 7) is 5.50. The summed E-state index contributed by atoms with van der Waals surface area (Å²) >= 11 is 0.146. The van der Waals surface area contributed by atoms with Crippen molar-refractivity contribution in [1.82, 2.24) is 5.32 Å². The Morgan fingerprint density at radius 3 is 2.45 bits per heavy atom. The zero-order chi connectivity index (χ0) is 14.8. The highest BCUT2D eigenvalue weighted by Gasteiger charge is 2.36. The monoisotopic (exact) mass is 309 g/mol. The molecule has 0 aromatic heterocycles. The van der Waals surface area contributed by atoms with Crippen LogP contribution in [-0.4, -0.2) is 23.8 Å². The maximum Gasteiger partial charge on any atom is 0.441 e. The lowest BCUT2D eigenvalue weighted by atomic mass is 9.66. The third kappa shape index (κ3) is 5.84. The summed E-state index contributed by atoms with van der Waals surface area (Å²) in [4.78, 5) is 0. The fourth-order valence-electron chi connectivity index (χ4n) is 3.33. The Hall–Kier alpha value is 0.100. The number of alkyl halides is 3. The Kier molecular flexibility index (Phi) is 5.33. The van der Waals surface area contributed by atoms with E-state index >= 15 is 0 Å². The second-order valence-corrected chi connectivity index (χ2v) is 8.35. The quantitative estimate of drug-likeness (QED) is 0.754. The number of nitrogens with one attached hydrogen (secondary N) is 1. The van der Waals surface area contributed by atoms with Crippen LogP contribution in [-0.2, 0) is 0 Å². The third-order valence-corrected chi connectivity index (χ3v) is 5.44. The van der Waals surface area contributed by atoms with Gasteiger partial charge in [0.15, 0.2) is 0 Å². The first-order valence-electron chi connectivity index (χ1n) is 7.69. The van der Waals surface area contributed by atoms with Gasteiger partial charge in [-0.3, -0.25) is 0 Å². The van der Waals surface area contributed by atoms with Gasteiger partial charge in [0, 0.05) is 11.8 Å². The van der Waals surface area contributed by atoms with E-state index in [4.69, 9.17) is 0 Å². The summed E-state index contributed by atoms with van der Waals surface area (Å²) in [7, 11) is 0. The number of halogens is 3. The fourth-order valence-corrected chi connectivity index (χ4v) is 3.98. The molecule has 2 unspecified atom stereocenters. The molecule has 0 saturated heterocycles. The molecule has 2 saturated carbocycles. The molecule has 118 valence electrons. The molecule has 0 aromatic carbocycles. The van der Waals surface area contributed by atoms with E-state index in [1.165, 1.54) is 19.3 Å². The number of hydrogen-bond acceptors (Lipinski definition) is 2. The maximum atomic E-state index is 12.3. The second-order valence-electron chi connectivity index (χ2n) is 7.19. The third-order valence-electron chi connectivity index (χ3n) is 4.67. The van der Waals surface area contributed by atoms with Crippen LogP contribution in [0.2, 0.25) is 0 Å². The predicted molar refractivity (Wildman–Crippen MR) is 78.8 cm³/mol. The molecule has 2 aliphatic rings. The van der Waals surface area contributed by atoms with Gasteiger partial charge in [0.05, 0.1) is 0 Å². The summed E-state index contributed by atoms with van der Waals surface area (Å²) in [5.74, 6) is 1.22. The molecular formula is C15H26F3NS. The van der Waals surface area contributed by atoms with Crippen molar-refractivity contribution in [3.05, 3.63) is 0 Å². The van der Waals surface area contributed by atoms with Crippen LogP contribution in [0.3, 0.4) is 0 Å². The Labute approximate surface area is 124 Å². The molecule has 1 nitrogen and oxygen atoms in total. The minimum absolute atomic E-state index is 0.146. The maximum absolute atomic E-state index is 12.3. The van der Waals surface area contributed by atoms with Gasteiger partial charge in [-0.15, -0.1) is 0 Å². The van der Waals surface area contributed by atoms with Gasteiger partial charge in [-0.2, -0.15) is 13.2 Å². The lowest BCUT2D eigenvalue weighted by Gasteiger charge is -2.41. The topological polar surface area (TPSA) is 12.0 Å². The highest BCUT2D eigenvalue weighted by molar-refractivity contribution is 8.00. The van der Waals surface area contributed by atoms with Crippen LogP contribution in [0, 0.1) is 17.3 Å². The highest BCUT2D eigenvalue weighted by atomic mass is 32.2. The predicted octanol–water partition coefficient (Wildman–Crippen LogP) is 4.82. The summed E-state index contributed by atoms with van der Waals surface area (Å²) in [6.07, 6.45) is 6.67. The van der Waals surface area contributed by atoms with Crippen molar-refractivity contribution < 1.29 is 13.2 Å². The van der Waals surface area contributed by atoms with Crippen molar-refractivity contribution in [2.75, 3.05) is 12.3 Å². The largest absolute Gasteiger partial charge is 0.441 e. The first kappa shape index (κ1) is 16.5. The standard InChI is InChI=1S/C15H26F3NS/c1-14(2)7-5-12(10-19-13-3-4-13)11(9-14)6-8-20-15(16,17)18/h11-13,19H,3-10H2,1-2H3. The fraction of sp³-hybridized carbons (Fsp3) is 1.00. The Morgan fingerprint density at radius 1 is 1.15 bits per heavy atom. The first-order valence-corrected chi connectivity index (χ1v) is 8.68. The van der Waals surface area contributed by atoms with Crippen LogP contribution < -0.4 is 5.32 Å². The van der Waals surface area contributed by atoms with E-state index in [1.807, 2.05) is 0 Å². The van der Waals surface area contributed by atoms with Gasteiger partial charge in [0.25, 0.3) is 0 Å². The average molecular weight is 309 g/mol. The molecule has 0 amide bonds. The molecule has 0 radical (unpaired) electrons. The van der Waals surface area contributed by atoms with Crippen LogP contribution in [0.4, 0.5) is 13.2 Å². The van der Waals surface area contributed by atoms with Gasteiger partial charge in [-0.05, 0) is 62.3 Å². The van der Waals surface area contributed by atoms with Gasteiger partial charge < -0.3 is 5.32 Å². The van der Waals surface area contributed by atoms with Gasteiger partial charge in [-0.1, -0.05) is 25.6 Å². The molecule has 2 rings (SSSR count). The van der Waals surface area contributed by atoms with E-state index in [2.05, 4.69) is 19.2 Å². The zero-order valence-corrected chi connectivity index (χ0v) is 13.2. The molecule has 5 heteroatoms. The number of thioether (sulfide) groups is 1. The Bertz CT molecular complexity index is 311. The number of hydrogen-bond donors (Lipinski definition) is 1. The van der Waals surface area contributed by atoms with Crippen molar-refractivity contribution in [3.8, 4) is 0 Å². The smallest absolute Gasteiger partial charge is 0.314 e. The SMILES string of the molecule is CC1(C)CCC(CNC2CC2)C(CCSC(F)(F)F)C1. The van der Waals surface area contributed by atoms with Crippen molar-refractivity contribution in [1.29, 1.82) is 0 Å². The lowest BCUT2D eigenvalue weighted by molar-refractivity contribution is -0.0329. The Morgan fingerprint density at radius 2 is 1.85 bits per heavy atom. The van der Waals surface area contributed by atoms with Gasteiger partial charge in [0.1, 0.15) is 0 Å². The van der Waals surface area contributed by atoms with Crippen LogP contribution in [0.15, 0.2) is 0 Å². The minimum Gasteiger partial charge on any atom is -0.314 e. The molecule has 20 heavy (non-hydrogen) atoms. The van der Waals surface area contributed by atoms with Crippen LogP contribution in [0.5, 0.6) is 0 Å². The van der Waals surface area contributed by atoms with Crippen molar-refractivity contribution in [2.24, 2.45) is 17.3 Å². The first-order chi connectivity index (χ1) is 9.25. The van der Waals surface area contributed by atoms with E-state index in [0.717, 1.165) is 19.4 Å². The van der Waals surface area contributed by atoms with Gasteiger partial charge in [-0.25, -0.2) is 0 Å². The summed E-state index contributed by atoms with van der Waals surface area (Å²) in [5.41, 5.74) is -3.78. The summed E-state index contributed by atoms with van der Waals surface area (Å²) < 4.78 is 36.8.